The number of benzene rings is 3. The van der Waals surface area contributed by atoms with Gasteiger partial charge >= 0.3 is 34.8 Å². The van der Waals surface area contributed by atoms with Gasteiger partial charge in [-0.15, -0.1) is 0 Å². The van der Waals surface area contributed by atoms with Gasteiger partial charge in [0.1, 0.15) is 12.2 Å². The van der Waals surface area contributed by atoms with E-state index in [-0.39, 0.29) is 72.6 Å². The van der Waals surface area contributed by atoms with E-state index in [4.69, 9.17) is 37.7 Å². The molecule has 2 amide bonds. The van der Waals surface area contributed by atoms with E-state index in [9.17, 15) is 19.8 Å². The highest BCUT2D eigenvalue weighted by molar-refractivity contribution is 7.53. The van der Waals surface area contributed by atoms with Crippen molar-refractivity contribution in [3.63, 3.8) is 0 Å². The fourth-order valence-corrected chi connectivity index (χ4v) is 10.2. The van der Waals surface area contributed by atoms with E-state index in [0.717, 1.165) is 11.1 Å². The minimum atomic E-state index is -3.50. The van der Waals surface area contributed by atoms with E-state index < -0.39 is 50.1 Å². The lowest BCUT2D eigenvalue weighted by atomic mass is 9.76. The molecule has 3 N–H and O–H groups in total. The Balaban J connectivity index is 1.22. The number of hydrogen-bond acceptors (Lipinski definition) is 14. The van der Waals surface area contributed by atoms with Crippen LogP contribution in [0.15, 0.2) is 78.9 Å². The normalized spacial score (nSPS) is 24.4. The monoisotopic (exact) mass is 873 g/mol. The maximum absolute atomic E-state index is 15.7. The Morgan fingerprint density at radius 1 is 0.871 bits per heavy atom. The van der Waals surface area contributed by atoms with Gasteiger partial charge in [0.05, 0.1) is 43.8 Å². The van der Waals surface area contributed by atoms with Crippen molar-refractivity contribution in [2.45, 2.75) is 89.8 Å². The Kier molecular flexibility index (Phi) is 13.0. The average molecular weight is 873 g/mol. The van der Waals surface area contributed by atoms with Crippen molar-refractivity contribution in [1.82, 2.24) is 19.5 Å². The summed E-state index contributed by atoms with van der Waals surface area (Å²) in [4.78, 5) is 18.7. The smallest absolute Gasteiger partial charge is 0.431 e. The van der Waals surface area contributed by atoms with Crippen LogP contribution in [0.3, 0.4) is 0 Å². The summed E-state index contributed by atoms with van der Waals surface area (Å²) in [5, 5.41) is 42.7. The maximum Gasteiger partial charge on any atom is 0.431 e. The molecule has 0 saturated carbocycles. The van der Waals surface area contributed by atoms with Crippen molar-refractivity contribution in [3.05, 3.63) is 95.6 Å². The summed E-state index contributed by atoms with van der Waals surface area (Å²) in [6, 6.07) is 21.6. The SMILES string of the molecule is CCOP(=O)(COCCCN1C(=O)N(Cc2ccc3c(c2)c(N(B2CO2)B2CO2)nn3B(C)O)[C@H](Cc2ccccc2)C2(O)OC(C)(C)OC2(O)[C@H]1Cc1ccccc1)OCC. The fraction of sp³-hybridized carbons (Fsp3) is 0.512. The predicted molar refractivity (Wildman–Crippen MR) is 233 cm³/mol. The predicted octanol–water partition coefficient (Wildman–Crippen LogP) is 4.17. The molecule has 0 radical (unpaired) electrons. The van der Waals surface area contributed by atoms with Crippen LogP contribution >= 0.6 is 7.60 Å². The number of carbonyl (C=O) groups excluding carboxylic acids is 1. The zero-order valence-corrected chi connectivity index (χ0v) is 36.8. The molecule has 4 saturated heterocycles. The zero-order valence-electron chi connectivity index (χ0n) is 35.9. The molecule has 4 aliphatic heterocycles. The first-order valence-corrected chi connectivity index (χ1v) is 23.1. The van der Waals surface area contributed by atoms with Crippen LogP contribution in [0, 0.1) is 0 Å². The van der Waals surface area contributed by atoms with Gasteiger partial charge in [-0.05, 0) is 82.6 Å². The first-order valence-electron chi connectivity index (χ1n) is 21.4. The second kappa shape index (κ2) is 18.0. The van der Waals surface area contributed by atoms with Gasteiger partial charge < -0.3 is 62.3 Å². The molecule has 0 aliphatic carbocycles. The number of amides is 2. The van der Waals surface area contributed by atoms with E-state index in [1.807, 2.05) is 83.6 Å². The molecule has 4 aromatic rings. The number of ether oxygens (including phenoxy) is 3. The van der Waals surface area contributed by atoms with Crippen LogP contribution in [-0.4, -0.2) is 137 Å². The molecule has 8 rings (SSSR count). The molecule has 2 unspecified atom stereocenters. The van der Waals surface area contributed by atoms with Gasteiger partial charge in [0.2, 0.25) is 11.6 Å². The van der Waals surface area contributed by atoms with Crippen LogP contribution in [0.5, 0.6) is 0 Å². The van der Waals surface area contributed by atoms with Gasteiger partial charge in [-0.1, -0.05) is 66.7 Å². The molecule has 4 atom stereocenters. The minimum absolute atomic E-state index is 0.0371. The number of urea groups is 1. The fourth-order valence-electron chi connectivity index (χ4n) is 8.81. The van der Waals surface area contributed by atoms with Crippen molar-refractivity contribution < 1.29 is 57.2 Å². The summed E-state index contributed by atoms with van der Waals surface area (Å²) in [5.74, 6) is -5.84. The van der Waals surface area contributed by atoms with Crippen LogP contribution in [0.25, 0.3) is 10.9 Å². The second-order valence-electron chi connectivity index (χ2n) is 16.6. The van der Waals surface area contributed by atoms with Crippen LogP contribution in [0.4, 0.5) is 10.6 Å². The lowest BCUT2D eigenvalue weighted by Gasteiger charge is -2.43. The van der Waals surface area contributed by atoms with Gasteiger partial charge in [0.25, 0.3) is 0 Å². The third kappa shape index (κ3) is 9.11. The highest BCUT2D eigenvalue weighted by Crippen LogP contribution is 2.51. The average Bonchev–Trinajstić information content (AvgIpc) is 4.18. The van der Waals surface area contributed by atoms with Gasteiger partial charge in [-0.25, -0.2) is 4.79 Å². The summed E-state index contributed by atoms with van der Waals surface area (Å²) >= 11 is 0. The number of hydrogen-bond donors (Lipinski definition) is 3. The molecule has 3 aromatic carbocycles. The molecule has 21 heteroatoms. The molecule has 4 fully saturated rings. The minimum Gasteiger partial charge on any atom is -0.431 e. The molecular formula is C41H55B3N5O12P. The third-order valence-electron chi connectivity index (χ3n) is 11.6. The standard InChI is InChI=1S/C41H55B3N5O12P/c1-6-58-62(54,59-7-2)29-55-22-14-21-46-35(24-30-15-10-8-11-16-30)40(51)41(52,61-39(3,4)60-40)36(25-31-17-12-9-13-18-31)47(38(46)50)26-32-19-20-34-33(23-32)37(45-49(34)42(5)53)48(43-27-56-43)44-28-57-44/h8-13,15-20,23,35-36,51-53H,6-7,14,21-22,24-29H2,1-5H3/t35-,36-,40?,41?/m1/s1. The van der Waals surface area contributed by atoms with E-state index in [2.05, 4.69) is 0 Å². The highest BCUT2D eigenvalue weighted by Gasteiger charge is 2.73. The number of fused-ring (bicyclic) bond motifs is 2. The van der Waals surface area contributed by atoms with Gasteiger partial charge in [-0.2, -0.15) is 5.10 Å². The maximum atomic E-state index is 15.7. The Morgan fingerprint density at radius 2 is 1.42 bits per heavy atom. The number of rotatable bonds is 20. The van der Waals surface area contributed by atoms with Gasteiger partial charge in [0.15, 0.2) is 5.79 Å². The second-order valence-corrected chi connectivity index (χ2v) is 18.6. The Bertz CT molecular complexity index is 2220. The lowest BCUT2D eigenvalue weighted by molar-refractivity contribution is -0.324. The van der Waals surface area contributed by atoms with Crippen LogP contribution < -0.4 is 4.72 Å². The largest absolute Gasteiger partial charge is 0.431 e. The van der Waals surface area contributed by atoms with Crippen molar-refractivity contribution in [1.29, 1.82) is 0 Å². The summed E-state index contributed by atoms with van der Waals surface area (Å²) in [5.41, 5.74) is 2.92. The summed E-state index contributed by atoms with van der Waals surface area (Å²) < 4.78 is 57.7. The Labute approximate surface area is 363 Å². The van der Waals surface area contributed by atoms with Gasteiger partial charge in [-0.3, -0.25) is 9.16 Å². The van der Waals surface area contributed by atoms with Crippen LogP contribution in [0.2, 0.25) is 6.82 Å². The van der Waals surface area contributed by atoms with E-state index in [1.165, 1.54) is 9.49 Å². The highest BCUT2D eigenvalue weighted by atomic mass is 31.2. The summed E-state index contributed by atoms with van der Waals surface area (Å²) in [6.07, 6.45) is 0.158. The van der Waals surface area contributed by atoms with Crippen molar-refractivity contribution >= 4 is 51.5 Å². The Morgan fingerprint density at radius 3 is 1.94 bits per heavy atom. The topological polar surface area (TPSA) is 194 Å². The van der Waals surface area contributed by atoms with Crippen molar-refractivity contribution in [2.75, 3.05) is 50.4 Å². The number of aliphatic hydroxyl groups is 2. The quantitative estimate of drug-likeness (QED) is 0.0496. The number of aromatic nitrogens is 2. The summed E-state index contributed by atoms with van der Waals surface area (Å²) in [7, 11) is -4.90. The molecule has 0 spiro atoms. The van der Waals surface area contributed by atoms with E-state index in [0.29, 0.717) is 35.3 Å². The molecule has 4 aliphatic rings. The molecule has 330 valence electrons. The third-order valence-corrected chi connectivity index (χ3v) is 13.4. The Hall–Kier alpha value is -3.78. The first-order chi connectivity index (χ1) is 29.7. The number of anilines is 1. The van der Waals surface area contributed by atoms with Crippen LogP contribution in [0.1, 0.15) is 50.8 Å². The summed E-state index contributed by atoms with van der Waals surface area (Å²) in [6.45, 7) is 9.81. The molecule has 17 nitrogen and oxygen atoms in total. The zero-order chi connectivity index (χ0) is 43.9. The van der Waals surface area contributed by atoms with Crippen molar-refractivity contribution in [3.8, 4) is 0 Å². The van der Waals surface area contributed by atoms with E-state index in [1.54, 1.807) is 39.4 Å². The van der Waals surface area contributed by atoms with E-state index >= 15 is 4.79 Å². The number of carbonyl (C=O) groups is 1. The molecular weight excluding hydrogens is 818 g/mol. The molecule has 0 bridgehead atoms. The lowest BCUT2D eigenvalue weighted by Crippen LogP contribution is -2.68. The molecule has 5 heterocycles. The van der Waals surface area contributed by atoms with Gasteiger partial charge in [0, 0.05) is 25.1 Å². The number of nitrogens with zero attached hydrogens (tertiary/aromatic N) is 5. The molecule has 1 aromatic heterocycles. The van der Waals surface area contributed by atoms with Crippen LogP contribution in [-0.2, 0) is 56.5 Å². The molecule has 62 heavy (non-hydrogen) atoms. The van der Waals surface area contributed by atoms with Crippen molar-refractivity contribution in [2.24, 2.45) is 0 Å². The first kappa shape index (κ1) is 44.8.